The Labute approximate surface area is 157 Å². The van der Waals surface area contributed by atoms with Crippen LogP contribution in [0.15, 0.2) is 24.4 Å². The molecule has 2 N–H and O–H groups in total. The maximum Gasteiger partial charge on any atom is 0.411 e. The highest BCUT2D eigenvalue weighted by Crippen LogP contribution is 2.33. The summed E-state index contributed by atoms with van der Waals surface area (Å²) in [7, 11) is 3.16. The molecule has 0 spiro atoms. The highest BCUT2D eigenvalue weighted by Gasteiger charge is 2.45. The SMILES string of the molecule is C=C1C[C@@H](CO)N(C(COC)C(C)(OC)C(=C)NC(=O)OC(C)(C)C)C1. The summed E-state index contributed by atoms with van der Waals surface area (Å²) < 4.78 is 16.5. The van der Waals surface area contributed by atoms with Crippen molar-refractivity contribution in [2.24, 2.45) is 0 Å². The number of carbonyl (C=O) groups is 1. The number of hydrogen-bond acceptors (Lipinski definition) is 6. The molecule has 7 heteroatoms. The maximum atomic E-state index is 12.2. The fraction of sp³-hybridized carbons (Fsp3) is 0.737. The number of rotatable bonds is 8. The van der Waals surface area contributed by atoms with Crippen molar-refractivity contribution in [2.45, 2.75) is 57.4 Å². The molecule has 3 atom stereocenters. The van der Waals surface area contributed by atoms with Gasteiger partial charge in [-0.15, -0.1) is 0 Å². The zero-order valence-corrected chi connectivity index (χ0v) is 16.9. The number of nitrogens with one attached hydrogen (secondary N) is 1. The summed E-state index contributed by atoms with van der Waals surface area (Å²) in [5.41, 5.74) is -0.167. The Morgan fingerprint density at radius 1 is 1.38 bits per heavy atom. The third-order valence-electron chi connectivity index (χ3n) is 4.65. The van der Waals surface area contributed by atoms with Gasteiger partial charge in [-0.05, 0) is 34.1 Å². The number of hydrogen-bond donors (Lipinski definition) is 2. The lowest BCUT2D eigenvalue weighted by molar-refractivity contribution is -0.0760. The largest absolute Gasteiger partial charge is 0.444 e. The van der Waals surface area contributed by atoms with E-state index in [0.717, 1.165) is 5.57 Å². The smallest absolute Gasteiger partial charge is 0.411 e. The molecule has 1 fully saturated rings. The van der Waals surface area contributed by atoms with Crippen LogP contribution in [0.3, 0.4) is 0 Å². The highest BCUT2D eigenvalue weighted by atomic mass is 16.6. The Morgan fingerprint density at radius 3 is 2.46 bits per heavy atom. The summed E-state index contributed by atoms with van der Waals surface area (Å²) in [6.45, 7) is 16.2. The van der Waals surface area contributed by atoms with Gasteiger partial charge in [0.05, 0.1) is 19.3 Å². The summed E-state index contributed by atoms with van der Waals surface area (Å²) in [6.07, 6.45) is 0.120. The van der Waals surface area contributed by atoms with Gasteiger partial charge in [-0.2, -0.15) is 0 Å². The lowest BCUT2D eigenvalue weighted by Gasteiger charge is -2.44. The predicted molar refractivity (Wildman–Crippen MR) is 101 cm³/mol. The molecule has 0 aliphatic carbocycles. The first-order chi connectivity index (χ1) is 12.0. The highest BCUT2D eigenvalue weighted by molar-refractivity contribution is 5.70. The second-order valence-electron chi connectivity index (χ2n) is 7.85. The zero-order chi connectivity index (χ0) is 20.1. The predicted octanol–water partition coefficient (Wildman–Crippen LogP) is 2.07. The molecule has 26 heavy (non-hydrogen) atoms. The van der Waals surface area contributed by atoms with E-state index in [4.69, 9.17) is 14.2 Å². The van der Waals surface area contributed by atoms with Crippen LogP contribution in [-0.4, -0.2) is 73.4 Å². The van der Waals surface area contributed by atoms with Gasteiger partial charge in [0.25, 0.3) is 0 Å². The molecule has 150 valence electrons. The van der Waals surface area contributed by atoms with Crippen LogP contribution in [0.4, 0.5) is 4.79 Å². The number of ether oxygens (including phenoxy) is 3. The first-order valence-corrected chi connectivity index (χ1v) is 8.75. The van der Waals surface area contributed by atoms with Crippen LogP contribution in [0.1, 0.15) is 34.1 Å². The Kier molecular flexibility index (Phi) is 7.83. The van der Waals surface area contributed by atoms with Crippen molar-refractivity contribution >= 4 is 6.09 Å². The molecule has 1 aliphatic rings. The molecule has 0 saturated carbocycles. The van der Waals surface area contributed by atoms with E-state index in [1.54, 1.807) is 35.0 Å². The first-order valence-electron chi connectivity index (χ1n) is 8.75. The van der Waals surface area contributed by atoms with Crippen molar-refractivity contribution in [3.8, 4) is 0 Å². The van der Waals surface area contributed by atoms with Crippen molar-refractivity contribution < 1.29 is 24.1 Å². The number of nitrogens with zero attached hydrogens (tertiary/aromatic N) is 1. The van der Waals surface area contributed by atoms with Crippen LogP contribution >= 0.6 is 0 Å². The van der Waals surface area contributed by atoms with Crippen LogP contribution < -0.4 is 5.32 Å². The number of carbonyl (C=O) groups excluding carboxylic acids is 1. The van der Waals surface area contributed by atoms with Gasteiger partial charge in [-0.3, -0.25) is 10.2 Å². The third-order valence-corrected chi connectivity index (χ3v) is 4.65. The van der Waals surface area contributed by atoms with Crippen molar-refractivity contribution in [3.05, 3.63) is 24.4 Å². The Morgan fingerprint density at radius 2 is 2.00 bits per heavy atom. The van der Waals surface area contributed by atoms with Gasteiger partial charge in [0.15, 0.2) is 0 Å². The molecule has 1 saturated heterocycles. The molecule has 2 unspecified atom stereocenters. The van der Waals surface area contributed by atoms with Gasteiger partial charge in [0.1, 0.15) is 11.2 Å². The number of aliphatic hydroxyl groups is 1. The second-order valence-corrected chi connectivity index (χ2v) is 7.85. The van der Waals surface area contributed by atoms with Gasteiger partial charge in [0.2, 0.25) is 0 Å². The minimum absolute atomic E-state index is 0.00496. The van der Waals surface area contributed by atoms with E-state index in [-0.39, 0.29) is 18.7 Å². The molecule has 1 aliphatic heterocycles. The summed E-state index contributed by atoms with van der Waals surface area (Å²) in [5, 5.41) is 12.4. The lowest BCUT2D eigenvalue weighted by atomic mass is 9.91. The summed E-state index contributed by atoms with van der Waals surface area (Å²) in [6, 6.07) is -0.359. The fourth-order valence-corrected chi connectivity index (χ4v) is 3.18. The molecule has 1 amide bonds. The van der Waals surface area contributed by atoms with Crippen LogP contribution in [0.5, 0.6) is 0 Å². The second kappa shape index (κ2) is 8.99. The molecule has 7 nitrogen and oxygen atoms in total. The van der Waals surface area contributed by atoms with E-state index in [1.807, 2.05) is 6.92 Å². The molecule has 0 bridgehead atoms. The standard InChI is InChI=1S/C19H34N2O5/c1-13-9-15(11-22)21(10-13)16(12-24-7)19(6,25-8)14(2)20-17(23)26-18(3,4)5/h15-16,22H,1-2,9-12H2,3-8H3,(H,20,23)/t15-,16?,19?/m0/s1. The van der Waals surface area contributed by atoms with E-state index < -0.39 is 17.3 Å². The Bertz CT molecular complexity index is 529. The van der Waals surface area contributed by atoms with Crippen molar-refractivity contribution in [1.29, 1.82) is 0 Å². The summed E-state index contributed by atoms with van der Waals surface area (Å²) >= 11 is 0. The molecular formula is C19H34N2O5. The fourth-order valence-electron chi connectivity index (χ4n) is 3.18. The van der Waals surface area contributed by atoms with Gasteiger partial charge >= 0.3 is 6.09 Å². The molecule has 1 heterocycles. The molecule has 0 aromatic heterocycles. The average Bonchev–Trinajstić information content (AvgIpc) is 2.90. The average molecular weight is 370 g/mol. The monoisotopic (exact) mass is 370 g/mol. The van der Waals surface area contributed by atoms with Crippen LogP contribution in [0, 0.1) is 0 Å². The lowest BCUT2D eigenvalue weighted by Crippen LogP contribution is -2.59. The van der Waals surface area contributed by atoms with Gasteiger partial charge in [-0.1, -0.05) is 18.7 Å². The minimum atomic E-state index is -0.953. The third kappa shape index (κ3) is 5.54. The van der Waals surface area contributed by atoms with Crippen LogP contribution in [0.2, 0.25) is 0 Å². The van der Waals surface area contributed by atoms with Gasteiger partial charge in [-0.25, -0.2) is 4.79 Å². The quantitative estimate of drug-likeness (QED) is 0.637. The number of amides is 1. The van der Waals surface area contributed by atoms with Gasteiger partial charge in [0, 0.05) is 32.5 Å². The van der Waals surface area contributed by atoms with E-state index >= 15 is 0 Å². The molecule has 0 aromatic rings. The van der Waals surface area contributed by atoms with E-state index in [2.05, 4.69) is 23.4 Å². The number of aliphatic hydroxyl groups excluding tert-OH is 1. The number of alkyl carbamates (subject to hydrolysis) is 1. The number of likely N-dealkylation sites (tertiary alicyclic amines) is 1. The van der Waals surface area contributed by atoms with E-state index in [1.165, 1.54) is 0 Å². The summed E-state index contributed by atoms with van der Waals surface area (Å²) in [4.78, 5) is 14.3. The molecule has 0 aromatic carbocycles. The topological polar surface area (TPSA) is 80.3 Å². The Balaban J connectivity index is 3.05. The normalized spacial score (nSPS) is 22.0. The molecule has 0 radical (unpaired) electrons. The van der Waals surface area contributed by atoms with Crippen molar-refractivity contribution in [2.75, 3.05) is 34.0 Å². The Hall–Kier alpha value is -1.41. The van der Waals surface area contributed by atoms with Crippen molar-refractivity contribution in [1.82, 2.24) is 10.2 Å². The minimum Gasteiger partial charge on any atom is -0.444 e. The van der Waals surface area contributed by atoms with Crippen LogP contribution in [0.25, 0.3) is 0 Å². The van der Waals surface area contributed by atoms with Crippen LogP contribution in [-0.2, 0) is 14.2 Å². The van der Waals surface area contributed by atoms with Crippen molar-refractivity contribution in [3.63, 3.8) is 0 Å². The first kappa shape index (κ1) is 22.6. The van der Waals surface area contributed by atoms with E-state index in [9.17, 15) is 9.90 Å². The number of methoxy groups -OCH3 is 2. The van der Waals surface area contributed by atoms with E-state index in [0.29, 0.717) is 25.3 Å². The summed E-state index contributed by atoms with van der Waals surface area (Å²) in [5.74, 6) is 0. The molecular weight excluding hydrogens is 336 g/mol. The molecule has 1 rings (SSSR count). The maximum absolute atomic E-state index is 12.2. The zero-order valence-electron chi connectivity index (χ0n) is 16.9. The van der Waals surface area contributed by atoms with Gasteiger partial charge < -0.3 is 19.3 Å².